The largest absolute Gasteiger partial charge is 0.316 e. The summed E-state index contributed by atoms with van der Waals surface area (Å²) in [6.45, 7) is 5.70. The highest BCUT2D eigenvalue weighted by atomic mass is 32.1. The van der Waals surface area contributed by atoms with Gasteiger partial charge < -0.3 is 10.6 Å². The van der Waals surface area contributed by atoms with Gasteiger partial charge in [-0.05, 0) is 44.5 Å². The SMILES string of the molecule is Cc1ccc2nc(NC(=O)C3(C)CCNC3)sc2c1. The number of hydrogen-bond donors (Lipinski definition) is 2. The third-order valence-corrected chi connectivity index (χ3v) is 4.61. The number of carbonyl (C=O) groups is 1. The highest BCUT2D eigenvalue weighted by Gasteiger charge is 2.36. The van der Waals surface area contributed by atoms with E-state index in [4.69, 9.17) is 0 Å². The van der Waals surface area contributed by atoms with Gasteiger partial charge in [0.05, 0.1) is 15.6 Å². The normalized spacial score (nSPS) is 22.8. The summed E-state index contributed by atoms with van der Waals surface area (Å²) in [4.78, 5) is 16.8. The van der Waals surface area contributed by atoms with E-state index >= 15 is 0 Å². The van der Waals surface area contributed by atoms with Gasteiger partial charge in [0.1, 0.15) is 0 Å². The number of aromatic nitrogens is 1. The number of rotatable bonds is 2. The molecule has 1 aromatic carbocycles. The van der Waals surface area contributed by atoms with E-state index in [9.17, 15) is 4.79 Å². The lowest BCUT2D eigenvalue weighted by Crippen LogP contribution is -2.35. The molecule has 4 nitrogen and oxygen atoms in total. The lowest BCUT2D eigenvalue weighted by Gasteiger charge is -2.20. The molecule has 2 N–H and O–H groups in total. The van der Waals surface area contributed by atoms with E-state index in [0.717, 1.165) is 29.7 Å². The smallest absolute Gasteiger partial charge is 0.233 e. The van der Waals surface area contributed by atoms with Crippen LogP contribution in [0, 0.1) is 12.3 Å². The maximum Gasteiger partial charge on any atom is 0.233 e. The molecule has 0 bridgehead atoms. The van der Waals surface area contributed by atoms with Crippen LogP contribution in [0.1, 0.15) is 18.9 Å². The number of nitrogens with one attached hydrogen (secondary N) is 2. The summed E-state index contributed by atoms with van der Waals surface area (Å²) < 4.78 is 1.12. The molecule has 2 aromatic rings. The predicted octanol–water partition coefficient (Wildman–Crippen LogP) is 2.54. The van der Waals surface area contributed by atoms with Gasteiger partial charge in [-0.15, -0.1) is 0 Å². The monoisotopic (exact) mass is 275 g/mol. The molecular formula is C14H17N3OS. The van der Waals surface area contributed by atoms with Gasteiger partial charge in [0, 0.05) is 6.54 Å². The minimum Gasteiger partial charge on any atom is -0.316 e. The van der Waals surface area contributed by atoms with Crippen molar-refractivity contribution in [2.75, 3.05) is 18.4 Å². The summed E-state index contributed by atoms with van der Waals surface area (Å²) in [6, 6.07) is 6.13. The van der Waals surface area contributed by atoms with Crippen LogP contribution >= 0.6 is 11.3 Å². The highest BCUT2D eigenvalue weighted by molar-refractivity contribution is 7.22. The third-order valence-electron chi connectivity index (χ3n) is 3.68. The molecule has 5 heteroatoms. The summed E-state index contributed by atoms with van der Waals surface area (Å²) in [7, 11) is 0. The maximum atomic E-state index is 12.3. The summed E-state index contributed by atoms with van der Waals surface area (Å²) in [5.41, 5.74) is 1.84. The van der Waals surface area contributed by atoms with Crippen molar-refractivity contribution in [3.63, 3.8) is 0 Å². The van der Waals surface area contributed by atoms with Crippen molar-refractivity contribution in [2.24, 2.45) is 5.41 Å². The number of nitrogens with zero attached hydrogens (tertiary/aromatic N) is 1. The minimum atomic E-state index is -0.312. The van der Waals surface area contributed by atoms with Crippen LogP contribution in [-0.4, -0.2) is 24.0 Å². The Kier molecular flexibility index (Phi) is 3.03. The Morgan fingerprint density at radius 3 is 3.11 bits per heavy atom. The topological polar surface area (TPSA) is 54.0 Å². The number of aryl methyl sites for hydroxylation is 1. The number of fused-ring (bicyclic) bond motifs is 1. The van der Waals surface area contributed by atoms with E-state index in [2.05, 4.69) is 28.6 Å². The summed E-state index contributed by atoms with van der Waals surface area (Å²) in [5.74, 6) is 0.0632. The number of benzene rings is 1. The molecule has 0 radical (unpaired) electrons. The Hall–Kier alpha value is -1.46. The van der Waals surface area contributed by atoms with Gasteiger partial charge in [-0.25, -0.2) is 4.98 Å². The molecule has 3 rings (SSSR count). The first-order valence-electron chi connectivity index (χ1n) is 6.46. The number of thiazole rings is 1. The molecule has 0 spiro atoms. The van der Waals surface area contributed by atoms with Crippen molar-refractivity contribution < 1.29 is 4.79 Å². The predicted molar refractivity (Wildman–Crippen MR) is 78.6 cm³/mol. The molecule has 1 fully saturated rings. The number of carbonyl (C=O) groups excluding carboxylic acids is 1. The van der Waals surface area contributed by atoms with E-state index in [-0.39, 0.29) is 11.3 Å². The van der Waals surface area contributed by atoms with Crippen LogP contribution in [0.5, 0.6) is 0 Å². The van der Waals surface area contributed by atoms with Crippen LogP contribution in [0.4, 0.5) is 5.13 Å². The fourth-order valence-corrected chi connectivity index (χ4v) is 3.30. The molecule has 0 saturated carbocycles. The lowest BCUT2D eigenvalue weighted by atomic mass is 9.89. The van der Waals surface area contributed by atoms with Gasteiger partial charge in [-0.3, -0.25) is 4.79 Å². The van der Waals surface area contributed by atoms with E-state index in [0.29, 0.717) is 5.13 Å². The van der Waals surface area contributed by atoms with E-state index in [1.165, 1.54) is 16.9 Å². The molecule has 2 heterocycles. The maximum absolute atomic E-state index is 12.3. The Labute approximate surface area is 116 Å². The fourth-order valence-electron chi connectivity index (χ4n) is 2.34. The second kappa shape index (κ2) is 4.58. The fraction of sp³-hybridized carbons (Fsp3) is 0.429. The molecule has 1 amide bonds. The van der Waals surface area contributed by atoms with Crippen LogP contribution in [-0.2, 0) is 4.79 Å². The van der Waals surface area contributed by atoms with E-state index < -0.39 is 0 Å². The Morgan fingerprint density at radius 1 is 1.53 bits per heavy atom. The van der Waals surface area contributed by atoms with Gasteiger partial charge in [-0.1, -0.05) is 17.4 Å². The van der Waals surface area contributed by atoms with Crippen molar-refractivity contribution in [1.82, 2.24) is 10.3 Å². The van der Waals surface area contributed by atoms with E-state index in [1.807, 2.05) is 19.1 Å². The molecule has 1 unspecified atom stereocenters. The van der Waals surface area contributed by atoms with Gasteiger partial charge in [0.25, 0.3) is 0 Å². The Bertz CT molecular complexity index is 629. The second-order valence-electron chi connectivity index (χ2n) is 5.43. The molecule has 1 saturated heterocycles. The first-order valence-corrected chi connectivity index (χ1v) is 7.28. The van der Waals surface area contributed by atoms with Crippen LogP contribution in [0.15, 0.2) is 18.2 Å². The highest BCUT2D eigenvalue weighted by Crippen LogP contribution is 2.30. The lowest BCUT2D eigenvalue weighted by molar-refractivity contribution is -0.123. The molecule has 1 aliphatic rings. The molecule has 19 heavy (non-hydrogen) atoms. The molecular weight excluding hydrogens is 258 g/mol. The quantitative estimate of drug-likeness (QED) is 0.885. The summed E-state index contributed by atoms with van der Waals surface area (Å²) >= 11 is 1.53. The minimum absolute atomic E-state index is 0.0632. The molecule has 1 aliphatic heterocycles. The average Bonchev–Trinajstić information content (AvgIpc) is 2.95. The number of anilines is 1. The number of hydrogen-bond acceptors (Lipinski definition) is 4. The van der Waals surface area contributed by atoms with Crippen molar-refractivity contribution in [2.45, 2.75) is 20.3 Å². The standard InChI is InChI=1S/C14H17N3OS/c1-9-3-4-10-11(7-9)19-13(16-10)17-12(18)14(2)5-6-15-8-14/h3-4,7,15H,5-6,8H2,1-2H3,(H,16,17,18). The van der Waals surface area contributed by atoms with Gasteiger partial charge >= 0.3 is 0 Å². The van der Waals surface area contributed by atoms with Crippen LogP contribution in [0.25, 0.3) is 10.2 Å². The summed E-state index contributed by atoms with van der Waals surface area (Å²) in [5, 5.41) is 6.89. The molecule has 1 aromatic heterocycles. The van der Waals surface area contributed by atoms with Gasteiger partial charge in [0.2, 0.25) is 5.91 Å². The number of amides is 1. The van der Waals surface area contributed by atoms with Gasteiger partial charge in [-0.2, -0.15) is 0 Å². The Balaban J connectivity index is 1.83. The van der Waals surface area contributed by atoms with Crippen LogP contribution in [0.3, 0.4) is 0 Å². The zero-order valence-electron chi connectivity index (χ0n) is 11.1. The van der Waals surface area contributed by atoms with Crippen molar-refractivity contribution >= 4 is 32.6 Å². The Morgan fingerprint density at radius 2 is 2.37 bits per heavy atom. The molecule has 100 valence electrons. The van der Waals surface area contributed by atoms with Crippen LogP contribution in [0.2, 0.25) is 0 Å². The zero-order valence-corrected chi connectivity index (χ0v) is 11.9. The van der Waals surface area contributed by atoms with Gasteiger partial charge in [0.15, 0.2) is 5.13 Å². The van der Waals surface area contributed by atoms with Crippen molar-refractivity contribution in [3.05, 3.63) is 23.8 Å². The van der Waals surface area contributed by atoms with E-state index in [1.54, 1.807) is 0 Å². The van der Waals surface area contributed by atoms with Crippen molar-refractivity contribution in [3.8, 4) is 0 Å². The molecule has 0 aliphatic carbocycles. The molecule has 1 atom stereocenters. The summed E-state index contributed by atoms with van der Waals surface area (Å²) in [6.07, 6.45) is 0.878. The van der Waals surface area contributed by atoms with Crippen LogP contribution < -0.4 is 10.6 Å². The second-order valence-corrected chi connectivity index (χ2v) is 6.46. The zero-order chi connectivity index (χ0) is 13.5. The first kappa shape index (κ1) is 12.6. The first-order chi connectivity index (χ1) is 9.07. The average molecular weight is 275 g/mol. The van der Waals surface area contributed by atoms with Crippen molar-refractivity contribution in [1.29, 1.82) is 0 Å². The third kappa shape index (κ3) is 2.35.